The van der Waals surface area contributed by atoms with Crippen molar-refractivity contribution in [2.24, 2.45) is 0 Å². The molecule has 10 aromatic carbocycles. The van der Waals surface area contributed by atoms with Crippen LogP contribution in [-0.4, -0.2) is 105 Å². The molecular formula is C99H101Br3N12. The average molecular weight is 1700 g/mol. The largest absolute Gasteiger partial charge is 0.324 e. The third kappa shape index (κ3) is 20.4. The number of rotatable bonds is 25. The molecule has 1 fully saturated rings. The molecule has 0 aliphatic heterocycles. The molecule has 578 valence electrons. The van der Waals surface area contributed by atoms with Crippen LogP contribution in [0.4, 0.5) is 34.9 Å². The van der Waals surface area contributed by atoms with E-state index in [4.69, 9.17) is 24.9 Å². The first-order chi connectivity index (χ1) is 55.9. The Kier molecular flexibility index (Phi) is 26.8. The van der Waals surface area contributed by atoms with Gasteiger partial charge in [-0.05, 0) is 237 Å². The summed E-state index contributed by atoms with van der Waals surface area (Å²) in [6, 6.07) is 89.3. The summed E-state index contributed by atoms with van der Waals surface area (Å²) in [5.41, 5.74) is 26.6. The third-order valence-electron chi connectivity index (χ3n) is 23.1. The fraction of sp³-hybridized carbons (Fsp3) is 0.273. The van der Waals surface area contributed by atoms with E-state index in [1.54, 1.807) is 0 Å². The van der Waals surface area contributed by atoms with Crippen LogP contribution in [0.15, 0.2) is 281 Å². The van der Waals surface area contributed by atoms with Gasteiger partial charge in [0.25, 0.3) is 0 Å². The third-order valence-corrected chi connectivity index (χ3v) is 24.5. The molecule has 12 nitrogen and oxygen atoms in total. The molecule has 4 aliphatic rings. The number of benzene rings is 10. The number of hydrogen-bond donors (Lipinski definition) is 3. The fourth-order valence-corrected chi connectivity index (χ4v) is 17.8. The summed E-state index contributed by atoms with van der Waals surface area (Å²) in [5.74, 6) is 2.78. The van der Waals surface area contributed by atoms with Crippen LogP contribution in [0.1, 0.15) is 142 Å². The van der Waals surface area contributed by atoms with Gasteiger partial charge in [0, 0.05) is 116 Å². The number of likely N-dealkylation sites (N-methyl/N-ethyl adjacent to an activating group) is 3. The van der Waals surface area contributed by atoms with Gasteiger partial charge in [0.05, 0.1) is 17.1 Å². The molecule has 0 spiro atoms. The molecule has 114 heavy (non-hydrogen) atoms. The zero-order valence-electron chi connectivity index (χ0n) is 65.8. The number of nitrogens with one attached hydrogen (secondary N) is 3. The maximum atomic E-state index is 4.99. The summed E-state index contributed by atoms with van der Waals surface area (Å²) in [6.45, 7) is 7.70. The quantitative estimate of drug-likeness (QED) is 0.0505. The first kappa shape index (κ1) is 79.4. The Balaban J connectivity index is 0.000000135. The SMILES string of the molecule is CCCCN(C)CCc1ccc(Nc2ncc3c(n2)-c2ccccc2[C@H](c2cccc(Br)c2)C3)cc1.CN(CCc1ccc(Nc2ncc3c(n2)-c2ccccc2[C@H](c2cccc(Br)c2)C3)cc1)C1CCCCC1.CN(CCc1ccccc1)CCc1ccc(Nc2ncc3c(n2)-c2ccccc2[C@H](c2cccc(Br)c2)C3)cc1. The van der Waals surface area contributed by atoms with Gasteiger partial charge in [0.1, 0.15) is 0 Å². The molecule has 0 amide bonds. The second kappa shape index (κ2) is 38.5. The van der Waals surface area contributed by atoms with Crippen LogP contribution < -0.4 is 16.0 Å². The van der Waals surface area contributed by atoms with Crippen molar-refractivity contribution in [3.05, 3.63) is 353 Å². The molecule has 3 atom stereocenters. The number of hydrogen-bond acceptors (Lipinski definition) is 12. The predicted octanol–water partition coefficient (Wildman–Crippen LogP) is 23.8. The Bertz CT molecular complexity index is 5350. The molecule has 0 bridgehead atoms. The predicted molar refractivity (Wildman–Crippen MR) is 481 cm³/mol. The molecule has 3 N–H and O–H groups in total. The van der Waals surface area contributed by atoms with E-state index in [9.17, 15) is 0 Å². The highest BCUT2D eigenvalue weighted by Crippen LogP contribution is 2.46. The number of fused-ring (bicyclic) bond motifs is 9. The van der Waals surface area contributed by atoms with Crippen molar-refractivity contribution in [2.45, 2.75) is 121 Å². The van der Waals surface area contributed by atoms with Crippen LogP contribution in [0.25, 0.3) is 33.8 Å². The first-order valence-corrected chi connectivity index (χ1v) is 43.1. The summed E-state index contributed by atoms with van der Waals surface area (Å²) in [6.07, 6.45) is 22.3. The number of aromatic nitrogens is 6. The molecule has 0 unspecified atom stereocenters. The number of unbranched alkanes of at least 4 members (excludes halogenated alkanes) is 1. The van der Waals surface area contributed by atoms with Gasteiger partial charge < -0.3 is 30.7 Å². The van der Waals surface area contributed by atoms with Gasteiger partial charge in [-0.1, -0.05) is 256 Å². The maximum absolute atomic E-state index is 4.99. The number of halogens is 3. The van der Waals surface area contributed by atoms with Gasteiger partial charge in [0.15, 0.2) is 0 Å². The lowest BCUT2D eigenvalue weighted by Gasteiger charge is -2.31. The molecule has 0 saturated heterocycles. The molecule has 3 heterocycles. The smallest absolute Gasteiger partial charge is 0.227 e. The van der Waals surface area contributed by atoms with Crippen LogP contribution in [-0.2, 0) is 44.9 Å². The highest BCUT2D eigenvalue weighted by Gasteiger charge is 2.31. The van der Waals surface area contributed by atoms with Crippen LogP contribution in [0.2, 0.25) is 0 Å². The molecular weight excluding hydrogens is 1600 g/mol. The summed E-state index contributed by atoms with van der Waals surface area (Å²) in [7, 11) is 6.70. The molecule has 0 radical (unpaired) electrons. The summed E-state index contributed by atoms with van der Waals surface area (Å²) in [4.78, 5) is 36.4. The van der Waals surface area contributed by atoms with Crippen LogP contribution in [0.5, 0.6) is 0 Å². The average Bonchev–Trinajstić information content (AvgIpc) is 0.770. The molecule has 1 saturated carbocycles. The lowest BCUT2D eigenvalue weighted by Crippen LogP contribution is -2.34. The monoisotopic (exact) mass is 1690 g/mol. The number of anilines is 6. The van der Waals surface area contributed by atoms with E-state index < -0.39 is 0 Å². The van der Waals surface area contributed by atoms with Crippen molar-refractivity contribution in [2.75, 3.05) is 69.8 Å². The van der Waals surface area contributed by atoms with E-state index in [0.29, 0.717) is 29.7 Å². The van der Waals surface area contributed by atoms with Gasteiger partial charge in [-0.3, -0.25) is 0 Å². The normalized spacial score (nSPS) is 15.2. The summed E-state index contributed by atoms with van der Waals surface area (Å²) in [5, 5.41) is 10.3. The van der Waals surface area contributed by atoms with Gasteiger partial charge in [-0.2, -0.15) is 0 Å². The Morgan fingerprint density at radius 1 is 0.351 bits per heavy atom. The van der Waals surface area contributed by atoms with Gasteiger partial charge in [-0.15, -0.1) is 0 Å². The molecule has 17 rings (SSSR count). The minimum absolute atomic E-state index is 0.286. The Labute approximate surface area is 699 Å². The first-order valence-electron chi connectivity index (χ1n) is 40.7. The zero-order chi connectivity index (χ0) is 78.1. The molecule has 13 aromatic rings. The molecule has 4 aliphatic carbocycles. The van der Waals surface area contributed by atoms with E-state index >= 15 is 0 Å². The van der Waals surface area contributed by atoms with Crippen LogP contribution >= 0.6 is 47.8 Å². The summed E-state index contributed by atoms with van der Waals surface area (Å²) < 4.78 is 3.31. The zero-order valence-corrected chi connectivity index (χ0v) is 70.6. The van der Waals surface area contributed by atoms with E-state index in [-0.39, 0.29) is 5.92 Å². The number of nitrogens with zero attached hydrogens (tertiary/aromatic N) is 9. The lowest BCUT2D eigenvalue weighted by atomic mass is 9.78. The maximum Gasteiger partial charge on any atom is 0.227 e. The Morgan fingerprint density at radius 3 is 1.04 bits per heavy atom. The van der Waals surface area contributed by atoms with Crippen molar-refractivity contribution in [3.63, 3.8) is 0 Å². The van der Waals surface area contributed by atoms with E-state index in [0.717, 1.165) is 125 Å². The second-order valence-electron chi connectivity index (χ2n) is 31.1. The van der Waals surface area contributed by atoms with Gasteiger partial charge >= 0.3 is 0 Å². The minimum Gasteiger partial charge on any atom is -0.324 e. The van der Waals surface area contributed by atoms with Gasteiger partial charge in [-0.25, -0.2) is 29.9 Å². The van der Waals surface area contributed by atoms with Crippen molar-refractivity contribution < 1.29 is 0 Å². The second-order valence-corrected chi connectivity index (χ2v) is 33.8. The van der Waals surface area contributed by atoms with Crippen molar-refractivity contribution in [1.29, 1.82) is 0 Å². The highest BCUT2D eigenvalue weighted by atomic mass is 79.9. The lowest BCUT2D eigenvalue weighted by molar-refractivity contribution is 0.194. The van der Waals surface area contributed by atoms with Crippen molar-refractivity contribution >= 4 is 82.7 Å². The van der Waals surface area contributed by atoms with Crippen LogP contribution in [0, 0.1) is 0 Å². The summed E-state index contributed by atoms with van der Waals surface area (Å²) >= 11 is 10.9. The van der Waals surface area contributed by atoms with Gasteiger partial charge in [0.2, 0.25) is 17.8 Å². The van der Waals surface area contributed by atoms with E-state index in [1.807, 2.05) is 18.6 Å². The van der Waals surface area contributed by atoms with E-state index in [2.05, 4.69) is 360 Å². The van der Waals surface area contributed by atoms with Crippen molar-refractivity contribution in [3.8, 4) is 33.8 Å². The fourth-order valence-electron chi connectivity index (χ4n) is 16.6. The minimum atomic E-state index is 0.286. The van der Waals surface area contributed by atoms with E-state index in [1.165, 1.54) is 141 Å². The molecule has 3 aromatic heterocycles. The Morgan fingerprint density at radius 2 is 0.684 bits per heavy atom. The topological polar surface area (TPSA) is 123 Å². The van der Waals surface area contributed by atoms with Crippen LogP contribution in [0.3, 0.4) is 0 Å². The van der Waals surface area contributed by atoms with Crippen molar-refractivity contribution in [1.82, 2.24) is 44.6 Å². The molecule has 15 heteroatoms. The standard InChI is InChI=1S/C35H33BrN4.C33H35BrN4.C31H33BrN4/c1-40(20-18-25-8-3-2-4-9-25)21-19-26-14-16-30(17-15-26)38-35-37-24-28-23-33(27-10-7-11-29(36)22-27)31-12-5-6-13-32(31)34(28)39-35;1-38(28-10-3-2-4-11-28)19-18-23-14-16-27(17-15-23)36-33-35-22-25-21-31(24-8-7-9-26(34)20-24)29-12-5-6-13-30(29)32(25)37-33;1-3-4-17-36(2)18-16-22-12-14-26(15-13-22)34-31-33-21-24-20-29(23-8-7-9-25(32)19-23)27-10-5-6-11-28(27)30(24)35-31/h2-17,22,24,33H,18-21,23H2,1H3,(H,37,38,39);5-9,12-17,20,22,28,31H,2-4,10-11,18-19,21H2,1H3,(H,35,36,37);5-15,19,21,29H,3-4,16-18,20H2,1-2H3,(H,33,34,35)/t33-;31-;29-/m000/s1. The Hall–Kier alpha value is -9.84. The highest BCUT2D eigenvalue weighted by molar-refractivity contribution is 9.11.